The standard InChI is InChI=1S/C25H28Cl2N2O6S2/c1-24(2)18-12-16(26)8-10-20(18)28(14-36(30,31)32)22(24)6-5-7-23-25(3,4)19-13-17(27)9-11-21(19)29(23)15-37(33,34)35/h5-6,8-13,23H,7,14-15H2,1-4H3,(H-,30,31,32,33,34,35)/p+1/b6-5+. The number of rotatable bonds is 7. The summed E-state index contributed by atoms with van der Waals surface area (Å²) in [7, 11) is -8.67. The molecule has 2 aliphatic rings. The lowest BCUT2D eigenvalue weighted by Gasteiger charge is -2.33. The van der Waals surface area contributed by atoms with E-state index in [0.717, 1.165) is 11.1 Å². The summed E-state index contributed by atoms with van der Waals surface area (Å²) >= 11 is 12.5. The number of anilines is 1. The van der Waals surface area contributed by atoms with Crippen LogP contribution < -0.4 is 4.90 Å². The fourth-order valence-electron chi connectivity index (χ4n) is 5.53. The summed E-state index contributed by atoms with van der Waals surface area (Å²) in [5.74, 6) is -1.21. The smallest absolute Gasteiger partial charge is 0.326 e. The average Bonchev–Trinajstić information content (AvgIpc) is 3.05. The van der Waals surface area contributed by atoms with E-state index < -0.39 is 42.8 Å². The molecular formula is C25H29Cl2N2O6S2+. The van der Waals surface area contributed by atoms with Gasteiger partial charge in [0.25, 0.3) is 16.0 Å². The van der Waals surface area contributed by atoms with Crippen LogP contribution in [0.2, 0.25) is 10.0 Å². The van der Waals surface area contributed by atoms with Gasteiger partial charge in [0.05, 0.1) is 5.41 Å². The lowest BCUT2D eigenvalue weighted by Crippen LogP contribution is -2.43. The van der Waals surface area contributed by atoms with Gasteiger partial charge in [-0.1, -0.05) is 43.1 Å². The first-order valence-corrected chi connectivity index (χ1v) is 15.5. The van der Waals surface area contributed by atoms with E-state index in [9.17, 15) is 25.9 Å². The highest BCUT2D eigenvalue weighted by Crippen LogP contribution is 2.48. The molecule has 0 saturated carbocycles. The van der Waals surface area contributed by atoms with E-state index >= 15 is 0 Å². The van der Waals surface area contributed by atoms with Crippen LogP contribution in [-0.4, -0.2) is 54.0 Å². The molecular weight excluding hydrogens is 559 g/mol. The summed E-state index contributed by atoms with van der Waals surface area (Å²) in [6, 6.07) is 10.0. The van der Waals surface area contributed by atoms with E-state index in [0.29, 0.717) is 33.6 Å². The van der Waals surface area contributed by atoms with E-state index in [-0.39, 0.29) is 6.04 Å². The molecule has 200 valence electrons. The zero-order chi connectivity index (χ0) is 27.6. The van der Waals surface area contributed by atoms with Crippen molar-refractivity contribution >= 4 is 60.5 Å². The fraction of sp³-hybridized carbons (Fsp3) is 0.400. The fourth-order valence-corrected chi connectivity index (χ4v) is 7.15. The maximum absolute atomic E-state index is 11.9. The van der Waals surface area contributed by atoms with Gasteiger partial charge in [-0.2, -0.15) is 21.4 Å². The largest absolute Gasteiger partial charge is 0.351 e. The molecule has 2 aromatic carbocycles. The zero-order valence-electron chi connectivity index (χ0n) is 20.8. The average molecular weight is 589 g/mol. The highest BCUT2D eigenvalue weighted by molar-refractivity contribution is 7.86. The minimum Gasteiger partial charge on any atom is -0.351 e. The van der Waals surface area contributed by atoms with Gasteiger partial charge in [0.15, 0.2) is 5.71 Å². The van der Waals surface area contributed by atoms with Gasteiger partial charge in [0.1, 0.15) is 5.88 Å². The number of allylic oxidation sites excluding steroid dienone is 1. The van der Waals surface area contributed by atoms with Crippen LogP contribution >= 0.6 is 23.2 Å². The summed E-state index contributed by atoms with van der Waals surface area (Å²) in [5, 5.41) is 1.03. The summed E-state index contributed by atoms with van der Waals surface area (Å²) in [6.07, 6.45) is 4.04. The molecule has 0 saturated heterocycles. The monoisotopic (exact) mass is 587 g/mol. The van der Waals surface area contributed by atoms with Gasteiger partial charge < -0.3 is 4.90 Å². The third-order valence-electron chi connectivity index (χ3n) is 7.25. The van der Waals surface area contributed by atoms with Crippen molar-refractivity contribution < 1.29 is 30.5 Å². The van der Waals surface area contributed by atoms with E-state index in [2.05, 4.69) is 0 Å². The summed E-state index contributed by atoms with van der Waals surface area (Å²) in [4.78, 5) is 1.65. The first kappa shape index (κ1) is 28.1. The Morgan fingerprint density at radius 1 is 0.946 bits per heavy atom. The van der Waals surface area contributed by atoms with Crippen LogP contribution in [0.25, 0.3) is 0 Å². The lowest BCUT2D eigenvalue weighted by molar-refractivity contribution is -0.416. The van der Waals surface area contributed by atoms with Crippen molar-refractivity contribution in [2.24, 2.45) is 0 Å². The molecule has 4 rings (SSSR count). The molecule has 0 radical (unpaired) electrons. The number of benzene rings is 2. The highest BCUT2D eigenvalue weighted by Gasteiger charge is 2.47. The Morgan fingerprint density at radius 3 is 2.14 bits per heavy atom. The third kappa shape index (κ3) is 5.46. The Morgan fingerprint density at radius 2 is 1.54 bits per heavy atom. The number of halogens is 2. The minimum atomic E-state index is -4.35. The van der Waals surface area contributed by atoms with Gasteiger partial charge >= 0.3 is 10.1 Å². The molecule has 1 unspecified atom stereocenters. The first-order valence-electron chi connectivity index (χ1n) is 11.5. The predicted octanol–water partition coefficient (Wildman–Crippen LogP) is 5.17. The van der Waals surface area contributed by atoms with Gasteiger partial charge in [0.2, 0.25) is 5.69 Å². The number of hydrogen-bond acceptors (Lipinski definition) is 5. The second-order valence-electron chi connectivity index (χ2n) is 10.5. The Hall–Kier alpha value is -1.95. The molecule has 8 nitrogen and oxygen atoms in total. The van der Waals surface area contributed by atoms with Crippen molar-refractivity contribution in [3.05, 3.63) is 69.7 Å². The van der Waals surface area contributed by atoms with E-state index in [1.165, 1.54) is 0 Å². The normalized spacial score (nSPS) is 20.5. The Kier molecular flexibility index (Phi) is 7.10. The first-order chi connectivity index (χ1) is 16.9. The molecule has 2 aromatic rings. The van der Waals surface area contributed by atoms with Crippen LogP contribution in [0.15, 0.2) is 48.6 Å². The van der Waals surface area contributed by atoms with Crippen LogP contribution in [0.3, 0.4) is 0 Å². The minimum absolute atomic E-state index is 0.351. The Bertz CT molecular complexity index is 1550. The maximum atomic E-state index is 11.9. The predicted molar refractivity (Wildman–Crippen MR) is 147 cm³/mol. The Balaban J connectivity index is 1.75. The van der Waals surface area contributed by atoms with Crippen LogP contribution in [0.4, 0.5) is 11.4 Å². The van der Waals surface area contributed by atoms with Gasteiger partial charge in [0, 0.05) is 44.9 Å². The van der Waals surface area contributed by atoms with E-state index in [1.54, 1.807) is 51.9 Å². The number of hydrogen-bond donors (Lipinski definition) is 2. The second-order valence-corrected chi connectivity index (χ2v) is 14.2. The van der Waals surface area contributed by atoms with Gasteiger partial charge in [-0.05, 0) is 56.2 Å². The van der Waals surface area contributed by atoms with Gasteiger partial charge in [-0.25, -0.2) is 0 Å². The van der Waals surface area contributed by atoms with Crippen molar-refractivity contribution in [3.63, 3.8) is 0 Å². The van der Waals surface area contributed by atoms with Crippen LogP contribution in [0.5, 0.6) is 0 Å². The molecule has 0 bridgehead atoms. The van der Waals surface area contributed by atoms with Crippen LogP contribution in [-0.2, 0) is 31.1 Å². The summed E-state index contributed by atoms with van der Waals surface area (Å²) < 4.78 is 68.4. The van der Waals surface area contributed by atoms with E-state index in [4.69, 9.17) is 23.2 Å². The van der Waals surface area contributed by atoms with Crippen LogP contribution in [0, 0.1) is 0 Å². The van der Waals surface area contributed by atoms with Gasteiger partial charge in [-0.3, -0.25) is 9.11 Å². The summed E-state index contributed by atoms with van der Waals surface area (Å²) in [6.45, 7) is 7.85. The number of nitrogens with zero attached hydrogens (tertiary/aromatic N) is 2. The SMILES string of the molecule is CC1(C)C(/C=C/CC2N(CS(=O)(=O)O)c3ccc(Cl)cc3C2(C)C)=[N+](CS(=O)(=O)O)c2ccc(Cl)cc21. The molecule has 0 amide bonds. The quantitative estimate of drug-likeness (QED) is 0.339. The third-order valence-corrected chi connectivity index (χ3v) is 8.91. The topological polar surface area (TPSA) is 115 Å². The molecule has 0 spiro atoms. The van der Waals surface area contributed by atoms with Gasteiger partial charge in [-0.15, -0.1) is 0 Å². The second kappa shape index (κ2) is 9.36. The van der Waals surface area contributed by atoms with Crippen LogP contribution in [0.1, 0.15) is 45.2 Å². The maximum Gasteiger partial charge on any atom is 0.326 e. The molecule has 0 aliphatic carbocycles. The lowest BCUT2D eigenvalue weighted by atomic mass is 9.78. The zero-order valence-corrected chi connectivity index (χ0v) is 24.0. The highest BCUT2D eigenvalue weighted by atomic mass is 35.5. The Labute approximate surface area is 227 Å². The molecule has 2 aliphatic heterocycles. The molecule has 0 fully saturated rings. The van der Waals surface area contributed by atoms with Crippen molar-refractivity contribution in [1.29, 1.82) is 0 Å². The van der Waals surface area contributed by atoms with Crippen molar-refractivity contribution in [2.45, 2.75) is 51.0 Å². The van der Waals surface area contributed by atoms with Crippen molar-refractivity contribution in [2.75, 3.05) is 16.7 Å². The summed E-state index contributed by atoms with van der Waals surface area (Å²) in [5.41, 5.74) is 2.48. The van der Waals surface area contributed by atoms with E-state index in [1.807, 2.05) is 33.8 Å². The molecule has 2 heterocycles. The molecule has 2 N–H and O–H groups in total. The number of fused-ring (bicyclic) bond motifs is 2. The molecule has 0 aromatic heterocycles. The van der Waals surface area contributed by atoms with Crippen molar-refractivity contribution in [3.8, 4) is 0 Å². The molecule has 37 heavy (non-hydrogen) atoms. The van der Waals surface area contributed by atoms with Crippen molar-refractivity contribution in [1.82, 2.24) is 0 Å². The molecule has 1 atom stereocenters. The molecule has 12 heteroatoms.